The average molecular weight is 863 g/mol. The topological polar surface area (TPSA) is 18.5 Å². The summed E-state index contributed by atoms with van der Waals surface area (Å²) in [5, 5.41) is 9.00. The predicted octanol–water partition coefficient (Wildman–Crippen LogP) is 15.1. The molecule has 310 valence electrons. The number of aryl methyl sites for hydroxylation is 4. The van der Waals surface area contributed by atoms with E-state index in [1.165, 1.54) is 22.3 Å². The Hall–Kier alpha value is -6.82. The van der Waals surface area contributed by atoms with Gasteiger partial charge < -0.3 is 9.05 Å². The molecule has 0 fully saturated rings. The Balaban J connectivity index is 1.35. The first-order chi connectivity index (χ1) is 31.4. The molecule has 0 atom stereocenters. The van der Waals surface area contributed by atoms with Gasteiger partial charge in [0.1, 0.15) is 11.5 Å². The molecule has 2 nitrogen and oxygen atoms in total. The quantitative estimate of drug-likeness (QED) is 0.121. The molecule has 0 radical (unpaired) electrons. The van der Waals surface area contributed by atoms with Crippen molar-refractivity contribution in [2.24, 2.45) is 0 Å². The maximum atomic E-state index is 7.91. The lowest BCUT2D eigenvalue weighted by Crippen LogP contribution is -2.17. The van der Waals surface area contributed by atoms with Crippen molar-refractivity contribution in [1.82, 2.24) is 0 Å². The Kier molecular flexibility index (Phi) is 11.7. The summed E-state index contributed by atoms with van der Waals surface area (Å²) in [6.45, 7) is 8.56. The van der Waals surface area contributed by atoms with E-state index in [1.807, 2.05) is 0 Å². The summed E-state index contributed by atoms with van der Waals surface area (Å²) in [6, 6.07) is 79.1. The molecule has 0 aromatic heterocycles. The van der Waals surface area contributed by atoms with Crippen molar-refractivity contribution in [3.63, 3.8) is 0 Å². The van der Waals surface area contributed by atoms with E-state index >= 15 is 0 Å². The summed E-state index contributed by atoms with van der Waals surface area (Å²) < 4.78 is 15.8. The van der Waals surface area contributed by atoms with Crippen LogP contribution < -0.4 is 30.3 Å². The van der Waals surface area contributed by atoms with E-state index in [4.69, 9.17) is 9.05 Å². The summed E-state index contributed by atoms with van der Waals surface area (Å²) in [4.78, 5) is 0. The molecule has 64 heavy (non-hydrogen) atoms. The minimum Gasteiger partial charge on any atom is -0.463 e. The number of fused-ring (bicyclic) bond motifs is 2. The fourth-order valence-corrected chi connectivity index (χ4v) is 11.9. The molecule has 0 N–H and O–H groups in total. The Labute approximate surface area is 379 Å². The van der Waals surface area contributed by atoms with E-state index in [-0.39, 0.29) is 0 Å². The molecule has 10 aromatic rings. The largest absolute Gasteiger partial charge is 0.463 e. The van der Waals surface area contributed by atoms with Gasteiger partial charge in [0.2, 0.25) is 0 Å². The highest BCUT2D eigenvalue weighted by molar-refractivity contribution is 7.69. The minimum atomic E-state index is -1.36. The third kappa shape index (κ3) is 8.36. The Bertz CT molecular complexity index is 2910. The van der Waals surface area contributed by atoms with Gasteiger partial charge in [-0.15, -0.1) is 0 Å². The maximum Gasteiger partial charge on any atom is 0.150 e. The second-order valence-electron chi connectivity index (χ2n) is 16.5. The lowest BCUT2D eigenvalue weighted by atomic mass is 9.86. The van der Waals surface area contributed by atoms with Crippen LogP contribution in [0.5, 0.6) is 11.5 Å². The van der Waals surface area contributed by atoms with Gasteiger partial charge >= 0.3 is 0 Å². The van der Waals surface area contributed by atoms with Crippen LogP contribution in [0.15, 0.2) is 218 Å². The number of rotatable bonds is 11. The average Bonchev–Trinajstić information content (AvgIpc) is 3.34. The molecular formula is C60H48O2P2. The smallest absolute Gasteiger partial charge is 0.150 e. The van der Waals surface area contributed by atoms with Crippen LogP contribution in [0.1, 0.15) is 22.3 Å². The first-order valence-corrected chi connectivity index (χ1v) is 24.4. The molecule has 0 bridgehead atoms. The molecule has 0 amide bonds. The third-order valence-corrected chi connectivity index (χ3v) is 15.7. The molecule has 0 aliphatic carbocycles. The SMILES string of the molecule is Cc1ccc(P(Oc2c(-c3ccccc3)cc3ccccc3c2-c2c(OP(c3ccc(C)cc3)c3ccc(C)cc3)c(-c3ccccc3)cc3ccccc23)c2ccc(C)cc2)cc1. The van der Waals surface area contributed by atoms with Gasteiger partial charge in [-0.3, -0.25) is 0 Å². The van der Waals surface area contributed by atoms with Crippen LogP contribution in [0.25, 0.3) is 54.9 Å². The van der Waals surface area contributed by atoms with Crippen LogP contribution >= 0.6 is 16.3 Å². The first-order valence-electron chi connectivity index (χ1n) is 21.8. The number of hydrogen-bond acceptors (Lipinski definition) is 2. The van der Waals surface area contributed by atoms with Crippen molar-refractivity contribution >= 4 is 59.1 Å². The van der Waals surface area contributed by atoms with Crippen molar-refractivity contribution in [2.75, 3.05) is 0 Å². The Morgan fingerprint density at radius 2 is 0.578 bits per heavy atom. The molecule has 0 saturated carbocycles. The van der Waals surface area contributed by atoms with Crippen LogP contribution in [-0.4, -0.2) is 0 Å². The van der Waals surface area contributed by atoms with Gasteiger partial charge in [0.05, 0.1) is 0 Å². The summed E-state index contributed by atoms with van der Waals surface area (Å²) in [5.74, 6) is 1.65. The van der Waals surface area contributed by atoms with Crippen molar-refractivity contribution in [3.8, 4) is 44.9 Å². The number of hydrogen-bond donors (Lipinski definition) is 0. The number of benzene rings is 10. The van der Waals surface area contributed by atoms with E-state index in [0.29, 0.717) is 0 Å². The predicted molar refractivity (Wildman–Crippen MR) is 276 cm³/mol. The summed E-state index contributed by atoms with van der Waals surface area (Å²) in [6.07, 6.45) is 0. The van der Waals surface area contributed by atoms with Crippen LogP contribution in [-0.2, 0) is 0 Å². The van der Waals surface area contributed by atoms with Gasteiger partial charge in [-0.1, -0.05) is 229 Å². The van der Waals surface area contributed by atoms with Crippen LogP contribution in [0.3, 0.4) is 0 Å². The summed E-state index contributed by atoms with van der Waals surface area (Å²) >= 11 is 0. The second kappa shape index (κ2) is 18.1. The van der Waals surface area contributed by atoms with Gasteiger partial charge in [-0.25, -0.2) is 0 Å². The molecule has 0 heterocycles. The Morgan fingerprint density at radius 3 is 0.891 bits per heavy atom. The van der Waals surface area contributed by atoms with Crippen LogP contribution in [0, 0.1) is 27.7 Å². The third-order valence-electron chi connectivity index (χ3n) is 11.9. The maximum absolute atomic E-state index is 7.91. The van der Waals surface area contributed by atoms with Crippen molar-refractivity contribution in [2.45, 2.75) is 27.7 Å². The van der Waals surface area contributed by atoms with E-state index in [0.717, 1.165) is 87.6 Å². The molecule has 10 aromatic carbocycles. The highest BCUT2D eigenvalue weighted by atomic mass is 31.1. The molecular weight excluding hydrogens is 815 g/mol. The zero-order valence-corrected chi connectivity index (χ0v) is 38.3. The highest BCUT2D eigenvalue weighted by Crippen LogP contribution is 2.57. The van der Waals surface area contributed by atoms with Gasteiger partial charge in [0, 0.05) is 43.5 Å². The van der Waals surface area contributed by atoms with Gasteiger partial charge in [0.15, 0.2) is 16.3 Å². The van der Waals surface area contributed by atoms with Gasteiger partial charge in [-0.2, -0.15) is 0 Å². The fourth-order valence-electron chi connectivity index (χ4n) is 8.42. The molecule has 0 spiro atoms. The van der Waals surface area contributed by atoms with Crippen LogP contribution in [0.4, 0.5) is 0 Å². The lowest BCUT2D eigenvalue weighted by molar-refractivity contribution is 0.626. The standard InChI is InChI=1S/C60H48O2P2/c1-41-23-31-49(32-24-41)63(50-33-25-42(2)26-34-50)61-59-55(45-15-7-5-8-16-45)39-47-19-11-13-21-53(47)57(59)58-54-22-14-12-20-48(54)40-56(46-17-9-6-10-18-46)60(58)62-64(51-35-27-43(3)28-36-51)52-37-29-44(4)30-38-52/h5-40H,1-4H3. The van der Waals surface area contributed by atoms with E-state index < -0.39 is 16.3 Å². The lowest BCUT2D eigenvalue weighted by Gasteiger charge is -2.29. The Morgan fingerprint density at radius 1 is 0.297 bits per heavy atom. The molecule has 4 heteroatoms. The fraction of sp³-hybridized carbons (Fsp3) is 0.0667. The van der Waals surface area contributed by atoms with E-state index in [2.05, 4.69) is 246 Å². The van der Waals surface area contributed by atoms with Crippen molar-refractivity contribution in [1.29, 1.82) is 0 Å². The molecule has 0 saturated heterocycles. The molecule has 0 unspecified atom stereocenters. The zero-order valence-electron chi connectivity index (χ0n) is 36.5. The second-order valence-corrected chi connectivity index (χ2v) is 20.2. The normalized spacial score (nSPS) is 11.4. The van der Waals surface area contributed by atoms with Gasteiger partial charge in [0.25, 0.3) is 0 Å². The van der Waals surface area contributed by atoms with Crippen LogP contribution in [0.2, 0.25) is 0 Å². The molecule has 10 rings (SSSR count). The molecule has 0 aliphatic heterocycles. The molecule has 0 aliphatic rings. The van der Waals surface area contributed by atoms with Crippen molar-refractivity contribution < 1.29 is 9.05 Å². The minimum absolute atomic E-state index is 0.826. The summed E-state index contributed by atoms with van der Waals surface area (Å²) in [5.41, 5.74) is 11.1. The first kappa shape index (κ1) is 41.2. The summed E-state index contributed by atoms with van der Waals surface area (Å²) in [7, 11) is -2.71. The van der Waals surface area contributed by atoms with E-state index in [9.17, 15) is 0 Å². The van der Waals surface area contributed by atoms with Gasteiger partial charge in [-0.05, 0) is 72.5 Å². The highest BCUT2D eigenvalue weighted by Gasteiger charge is 2.30. The monoisotopic (exact) mass is 862 g/mol. The zero-order chi connectivity index (χ0) is 43.6. The van der Waals surface area contributed by atoms with E-state index in [1.54, 1.807) is 0 Å². The van der Waals surface area contributed by atoms with Crippen molar-refractivity contribution in [3.05, 3.63) is 241 Å².